The van der Waals surface area contributed by atoms with Crippen molar-refractivity contribution in [2.45, 2.75) is 39.8 Å². The van der Waals surface area contributed by atoms with Gasteiger partial charge in [-0.15, -0.1) is 0 Å². The van der Waals surface area contributed by atoms with Gasteiger partial charge in [-0.25, -0.2) is 9.97 Å². The second-order valence-electron chi connectivity index (χ2n) is 5.28. The zero-order valence-corrected chi connectivity index (χ0v) is 13.0. The van der Waals surface area contributed by atoms with Crippen molar-refractivity contribution in [1.29, 1.82) is 0 Å². The quantitative estimate of drug-likeness (QED) is 0.786. The number of anilines is 1. The average molecular weight is 301 g/mol. The Morgan fingerprint density at radius 1 is 1.40 bits per heavy atom. The van der Waals surface area contributed by atoms with Crippen molar-refractivity contribution in [3.05, 3.63) is 17.0 Å². The second kappa shape index (κ2) is 7.40. The third kappa shape index (κ3) is 6.68. The fraction of sp³-hybridized carbons (Fsp3) is 0.615. The Labute approximate surface area is 124 Å². The van der Waals surface area contributed by atoms with E-state index in [1.807, 2.05) is 27.7 Å². The monoisotopic (exact) mass is 300 g/mol. The highest BCUT2D eigenvalue weighted by atomic mass is 35.5. The summed E-state index contributed by atoms with van der Waals surface area (Å²) in [5.41, 5.74) is -0.262. The number of rotatable bonds is 6. The molecule has 0 saturated carbocycles. The number of amides is 1. The molecule has 0 fully saturated rings. The number of carbonyl (C=O) groups is 1. The van der Waals surface area contributed by atoms with Gasteiger partial charge in [0.05, 0.1) is 6.54 Å². The maximum Gasteiger partial charge on any atom is 0.239 e. The van der Waals surface area contributed by atoms with Crippen LogP contribution in [0.25, 0.3) is 0 Å². The molecule has 20 heavy (non-hydrogen) atoms. The minimum absolute atomic E-state index is 0.112. The van der Waals surface area contributed by atoms with Gasteiger partial charge in [-0.2, -0.15) is 0 Å². The summed E-state index contributed by atoms with van der Waals surface area (Å²) in [4.78, 5) is 20.0. The van der Waals surface area contributed by atoms with E-state index in [4.69, 9.17) is 16.3 Å². The molecule has 0 spiro atoms. The Balaban J connectivity index is 2.59. The molecule has 0 unspecified atom stereocenters. The molecule has 0 aliphatic heterocycles. The smallest absolute Gasteiger partial charge is 0.239 e. The molecule has 1 amide bonds. The molecule has 0 bridgehead atoms. The van der Waals surface area contributed by atoms with E-state index < -0.39 is 0 Å². The van der Waals surface area contributed by atoms with Gasteiger partial charge in [-0.3, -0.25) is 4.79 Å². The zero-order valence-electron chi connectivity index (χ0n) is 12.3. The molecule has 0 aromatic carbocycles. The number of hydrogen-bond acceptors (Lipinski definition) is 5. The number of halogens is 1. The Hall–Kier alpha value is -1.40. The van der Waals surface area contributed by atoms with Gasteiger partial charge in [0.15, 0.2) is 5.82 Å². The molecular formula is C13H21ClN4O2. The fourth-order valence-electron chi connectivity index (χ4n) is 1.45. The number of hydrogen-bond donors (Lipinski definition) is 2. The lowest BCUT2D eigenvalue weighted by Gasteiger charge is -2.20. The summed E-state index contributed by atoms with van der Waals surface area (Å²) in [5.74, 6) is 0.875. The number of nitrogens with one attached hydrogen (secondary N) is 2. The van der Waals surface area contributed by atoms with Gasteiger partial charge in [0, 0.05) is 18.2 Å². The maximum absolute atomic E-state index is 11.7. The van der Waals surface area contributed by atoms with Crippen LogP contribution in [-0.2, 0) is 16.1 Å². The first kappa shape index (κ1) is 16.7. The third-order valence-corrected chi connectivity index (χ3v) is 2.31. The van der Waals surface area contributed by atoms with E-state index in [2.05, 4.69) is 20.6 Å². The van der Waals surface area contributed by atoms with E-state index in [0.29, 0.717) is 30.0 Å². The van der Waals surface area contributed by atoms with E-state index in [1.165, 1.54) is 0 Å². The van der Waals surface area contributed by atoms with Gasteiger partial charge < -0.3 is 15.4 Å². The van der Waals surface area contributed by atoms with E-state index in [0.717, 1.165) is 0 Å². The number of aromatic nitrogens is 2. The molecule has 6 nitrogen and oxygen atoms in total. The summed E-state index contributed by atoms with van der Waals surface area (Å²) < 4.78 is 5.23. The zero-order chi connectivity index (χ0) is 15.2. The molecule has 1 aromatic heterocycles. The van der Waals surface area contributed by atoms with Crippen LogP contribution in [0.15, 0.2) is 6.07 Å². The first-order chi connectivity index (χ1) is 9.30. The standard InChI is InChI=1S/C13H21ClN4O2/c1-5-20-8-11-16-9(14)6-10(17-11)15-7-12(19)18-13(2,3)4/h6H,5,7-8H2,1-4H3,(H,18,19)(H,15,16,17). The van der Waals surface area contributed by atoms with Crippen molar-refractivity contribution in [1.82, 2.24) is 15.3 Å². The van der Waals surface area contributed by atoms with E-state index in [1.54, 1.807) is 6.07 Å². The summed E-state index contributed by atoms with van der Waals surface area (Å²) in [6, 6.07) is 1.57. The SMILES string of the molecule is CCOCc1nc(Cl)cc(NCC(=O)NC(C)(C)C)n1. The van der Waals surface area contributed by atoms with Crippen molar-refractivity contribution in [2.24, 2.45) is 0 Å². The van der Waals surface area contributed by atoms with Crippen molar-refractivity contribution >= 4 is 23.3 Å². The molecule has 2 N–H and O–H groups in total. The van der Waals surface area contributed by atoms with Crippen LogP contribution in [0.5, 0.6) is 0 Å². The molecule has 0 saturated heterocycles. The Morgan fingerprint density at radius 2 is 2.10 bits per heavy atom. The van der Waals surface area contributed by atoms with Gasteiger partial charge >= 0.3 is 0 Å². The Morgan fingerprint density at radius 3 is 2.70 bits per heavy atom. The minimum Gasteiger partial charge on any atom is -0.374 e. The van der Waals surface area contributed by atoms with Crippen LogP contribution in [0.1, 0.15) is 33.5 Å². The van der Waals surface area contributed by atoms with Gasteiger partial charge in [0.25, 0.3) is 0 Å². The summed E-state index contributed by atoms with van der Waals surface area (Å²) in [6.07, 6.45) is 0. The molecule has 1 rings (SSSR count). The minimum atomic E-state index is -0.262. The lowest BCUT2D eigenvalue weighted by molar-refractivity contribution is -0.120. The molecule has 112 valence electrons. The predicted octanol–water partition coefficient (Wildman–Crippen LogP) is 1.99. The van der Waals surface area contributed by atoms with Crippen LogP contribution in [0.3, 0.4) is 0 Å². The number of nitrogens with zero attached hydrogens (tertiary/aromatic N) is 2. The highest BCUT2D eigenvalue weighted by Gasteiger charge is 2.13. The van der Waals surface area contributed by atoms with Gasteiger partial charge in [-0.05, 0) is 27.7 Å². The Bertz CT molecular complexity index is 460. The second-order valence-corrected chi connectivity index (χ2v) is 5.67. The highest BCUT2D eigenvalue weighted by molar-refractivity contribution is 6.29. The van der Waals surface area contributed by atoms with E-state index in [9.17, 15) is 4.79 Å². The maximum atomic E-state index is 11.7. The Kier molecular flexibility index (Phi) is 6.16. The van der Waals surface area contributed by atoms with Crippen LogP contribution in [0.4, 0.5) is 5.82 Å². The van der Waals surface area contributed by atoms with Crippen LogP contribution in [0, 0.1) is 0 Å². The molecular weight excluding hydrogens is 280 g/mol. The van der Waals surface area contributed by atoms with E-state index in [-0.39, 0.29) is 18.0 Å². The normalized spacial score (nSPS) is 11.2. The molecule has 7 heteroatoms. The first-order valence-electron chi connectivity index (χ1n) is 6.46. The van der Waals surface area contributed by atoms with Gasteiger partial charge in [0.1, 0.15) is 17.6 Å². The first-order valence-corrected chi connectivity index (χ1v) is 6.84. The van der Waals surface area contributed by atoms with Crippen molar-refractivity contribution in [3.8, 4) is 0 Å². The largest absolute Gasteiger partial charge is 0.374 e. The van der Waals surface area contributed by atoms with Crippen molar-refractivity contribution in [2.75, 3.05) is 18.5 Å². The van der Waals surface area contributed by atoms with Crippen molar-refractivity contribution in [3.63, 3.8) is 0 Å². The van der Waals surface area contributed by atoms with Crippen LogP contribution >= 0.6 is 11.6 Å². The highest BCUT2D eigenvalue weighted by Crippen LogP contribution is 2.12. The molecule has 0 atom stereocenters. The molecule has 1 aromatic rings. The van der Waals surface area contributed by atoms with Gasteiger partial charge in [0.2, 0.25) is 5.91 Å². The number of ether oxygens (including phenoxy) is 1. The topological polar surface area (TPSA) is 76.1 Å². The van der Waals surface area contributed by atoms with E-state index >= 15 is 0 Å². The summed E-state index contributed by atoms with van der Waals surface area (Å²) >= 11 is 5.90. The third-order valence-electron chi connectivity index (χ3n) is 2.12. The summed E-state index contributed by atoms with van der Waals surface area (Å²) in [7, 11) is 0. The summed E-state index contributed by atoms with van der Waals surface area (Å²) in [5, 5.41) is 6.09. The van der Waals surface area contributed by atoms with Crippen LogP contribution in [0.2, 0.25) is 5.15 Å². The lowest BCUT2D eigenvalue weighted by Crippen LogP contribution is -2.43. The predicted molar refractivity (Wildman–Crippen MR) is 78.8 cm³/mol. The fourth-order valence-corrected chi connectivity index (χ4v) is 1.65. The number of carbonyl (C=O) groups excluding carboxylic acids is 1. The lowest BCUT2D eigenvalue weighted by atomic mass is 10.1. The molecule has 1 heterocycles. The molecule has 0 aliphatic rings. The van der Waals surface area contributed by atoms with Crippen molar-refractivity contribution < 1.29 is 9.53 Å². The molecule has 0 aliphatic carbocycles. The molecule has 0 radical (unpaired) electrons. The van der Waals surface area contributed by atoms with Crippen LogP contribution < -0.4 is 10.6 Å². The van der Waals surface area contributed by atoms with Crippen LogP contribution in [-0.4, -0.2) is 34.6 Å². The van der Waals surface area contributed by atoms with Gasteiger partial charge in [-0.1, -0.05) is 11.6 Å². The average Bonchev–Trinajstić information content (AvgIpc) is 2.31. The summed E-state index contributed by atoms with van der Waals surface area (Å²) in [6.45, 7) is 8.65.